The summed E-state index contributed by atoms with van der Waals surface area (Å²) in [6, 6.07) is 0.387. The van der Waals surface area contributed by atoms with Gasteiger partial charge in [-0.3, -0.25) is 0 Å². The van der Waals surface area contributed by atoms with E-state index in [1.54, 1.807) is 11.2 Å². The Bertz CT molecular complexity index is 533. The highest BCUT2D eigenvalue weighted by Gasteiger charge is 2.26. The fourth-order valence-corrected chi connectivity index (χ4v) is 3.84. The minimum Gasteiger partial charge on any atom is -0.333 e. The van der Waals surface area contributed by atoms with Gasteiger partial charge in [0.15, 0.2) is 0 Å². The zero-order valence-electron chi connectivity index (χ0n) is 13.0. The van der Waals surface area contributed by atoms with Gasteiger partial charge in [-0.25, -0.2) is 17.7 Å². The highest BCUT2D eigenvalue weighted by Crippen LogP contribution is 2.15. The van der Waals surface area contributed by atoms with Crippen LogP contribution in [0.1, 0.15) is 38.8 Å². The third-order valence-corrected chi connectivity index (χ3v) is 5.93. The molecule has 0 bridgehead atoms. The van der Waals surface area contributed by atoms with Crippen LogP contribution >= 0.6 is 0 Å². The van der Waals surface area contributed by atoms with Gasteiger partial charge in [-0.1, -0.05) is 6.92 Å². The first kappa shape index (κ1) is 16.5. The number of nitrogens with one attached hydrogen (secondary N) is 1. The normalized spacial score (nSPS) is 18.2. The highest BCUT2D eigenvalue weighted by molar-refractivity contribution is 7.89. The second-order valence-corrected chi connectivity index (χ2v) is 7.79. The smallest absolute Gasteiger partial charge is 0.213 e. The molecule has 0 saturated carbocycles. The van der Waals surface area contributed by atoms with E-state index in [9.17, 15) is 8.42 Å². The van der Waals surface area contributed by atoms with Crippen LogP contribution in [0.15, 0.2) is 12.5 Å². The van der Waals surface area contributed by atoms with Crippen molar-refractivity contribution in [3.8, 4) is 0 Å². The molecule has 2 heterocycles. The summed E-state index contributed by atoms with van der Waals surface area (Å²) in [4.78, 5) is 4.20. The van der Waals surface area contributed by atoms with Crippen LogP contribution in [0.3, 0.4) is 0 Å². The van der Waals surface area contributed by atoms with Crippen LogP contribution in [0, 0.1) is 0 Å². The van der Waals surface area contributed by atoms with Gasteiger partial charge in [0.05, 0.1) is 17.8 Å². The molecule has 0 unspecified atom stereocenters. The van der Waals surface area contributed by atoms with E-state index in [0.717, 1.165) is 32.4 Å². The molecular formula is C14H26N4O2S. The summed E-state index contributed by atoms with van der Waals surface area (Å²) < 4.78 is 27.4. The van der Waals surface area contributed by atoms with E-state index in [2.05, 4.69) is 21.8 Å². The molecule has 1 aliphatic heterocycles. The van der Waals surface area contributed by atoms with Crippen molar-refractivity contribution >= 4 is 10.0 Å². The molecule has 1 aromatic heterocycles. The predicted molar refractivity (Wildman–Crippen MR) is 83.4 cm³/mol. The Labute approximate surface area is 127 Å². The molecular weight excluding hydrogens is 288 g/mol. The van der Waals surface area contributed by atoms with Crippen LogP contribution < -0.4 is 5.32 Å². The molecule has 0 aliphatic carbocycles. The molecule has 120 valence electrons. The number of rotatable bonds is 7. The largest absolute Gasteiger partial charge is 0.333 e. The van der Waals surface area contributed by atoms with E-state index < -0.39 is 10.0 Å². The predicted octanol–water partition coefficient (Wildman–Crippen LogP) is 1.20. The Balaban J connectivity index is 1.80. The third kappa shape index (κ3) is 4.28. The first-order valence-electron chi connectivity index (χ1n) is 7.77. The molecule has 0 atom stereocenters. The van der Waals surface area contributed by atoms with Gasteiger partial charge in [-0.2, -0.15) is 0 Å². The number of sulfonamides is 1. The molecule has 1 aromatic rings. The fraction of sp³-hybridized carbons (Fsp3) is 0.786. The molecule has 0 amide bonds. The van der Waals surface area contributed by atoms with E-state index in [4.69, 9.17) is 0 Å². The van der Waals surface area contributed by atoms with Crippen molar-refractivity contribution in [2.24, 2.45) is 0 Å². The first-order chi connectivity index (χ1) is 10.1. The van der Waals surface area contributed by atoms with Crippen LogP contribution in [0.5, 0.6) is 0 Å². The van der Waals surface area contributed by atoms with E-state index in [1.165, 1.54) is 5.69 Å². The zero-order chi connectivity index (χ0) is 15.3. The highest BCUT2D eigenvalue weighted by atomic mass is 32.2. The van der Waals surface area contributed by atoms with Gasteiger partial charge < -0.3 is 9.88 Å². The molecule has 7 heteroatoms. The van der Waals surface area contributed by atoms with E-state index in [1.807, 2.05) is 12.5 Å². The average Bonchev–Trinajstić information content (AvgIpc) is 2.93. The van der Waals surface area contributed by atoms with Gasteiger partial charge >= 0.3 is 0 Å². The van der Waals surface area contributed by atoms with Crippen molar-refractivity contribution in [3.63, 3.8) is 0 Å². The van der Waals surface area contributed by atoms with Crippen molar-refractivity contribution in [2.45, 2.75) is 52.2 Å². The molecule has 1 fully saturated rings. The average molecular weight is 314 g/mol. The van der Waals surface area contributed by atoms with E-state index in [0.29, 0.717) is 19.1 Å². The number of piperidine rings is 1. The summed E-state index contributed by atoms with van der Waals surface area (Å²) >= 11 is 0. The molecule has 1 N–H and O–H groups in total. The number of hydrogen-bond acceptors (Lipinski definition) is 4. The lowest BCUT2D eigenvalue weighted by Crippen LogP contribution is -2.45. The summed E-state index contributed by atoms with van der Waals surface area (Å²) in [5.41, 5.74) is 1.19. The molecule has 1 saturated heterocycles. The molecule has 2 rings (SSSR count). The quantitative estimate of drug-likeness (QED) is 0.821. The van der Waals surface area contributed by atoms with Gasteiger partial charge in [0, 0.05) is 38.4 Å². The van der Waals surface area contributed by atoms with Crippen molar-refractivity contribution in [3.05, 3.63) is 18.2 Å². The first-order valence-corrected chi connectivity index (χ1v) is 9.38. The van der Waals surface area contributed by atoms with Gasteiger partial charge in [-0.15, -0.1) is 0 Å². The number of nitrogens with zero attached hydrogens (tertiary/aromatic N) is 3. The Morgan fingerprint density at radius 1 is 1.33 bits per heavy atom. The van der Waals surface area contributed by atoms with Crippen LogP contribution in [0.4, 0.5) is 0 Å². The van der Waals surface area contributed by atoms with E-state index in [-0.39, 0.29) is 5.75 Å². The summed E-state index contributed by atoms with van der Waals surface area (Å²) in [5, 5.41) is 3.53. The van der Waals surface area contributed by atoms with Crippen molar-refractivity contribution in [1.82, 2.24) is 19.2 Å². The summed E-state index contributed by atoms with van der Waals surface area (Å²) in [5.74, 6) is 0.196. The van der Waals surface area contributed by atoms with Crippen LogP contribution in [0.25, 0.3) is 0 Å². The zero-order valence-corrected chi connectivity index (χ0v) is 13.8. The Kier molecular flexibility index (Phi) is 5.78. The maximum absolute atomic E-state index is 11.8. The minimum atomic E-state index is -3.03. The van der Waals surface area contributed by atoms with Crippen molar-refractivity contribution < 1.29 is 8.42 Å². The Hall–Kier alpha value is -0.920. The molecule has 1 aliphatic rings. The lowest BCUT2D eigenvalue weighted by molar-refractivity contribution is 0.287. The maximum Gasteiger partial charge on any atom is 0.213 e. The third-order valence-electron chi connectivity index (χ3n) is 4.05. The SMILES string of the molecule is CCCn1cncc1CNC1CCN(S(=O)(=O)CC)CC1. The standard InChI is InChI=1S/C14H26N4O2S/c1-3-7-17-12-15-10-14(17)11-16-13-5-8-18(9-6-13)21(19,20)4-2/h10,12-13,16H,3-9,11H2,1-2H3. The topological polar surface area (TPSA) is 67.2 Å². The summed E-state index contributed by atoms with van der Waals surface area (Å²) in [7, 11) is -3.03. The molecule has 6 nitrogen and oxygen atoms in total. The van der Waals surface area contributed by atoms with Crippen LogP contribution in [0.2, 0.25) is 0 Å². The second-order valence-electron chi connectivity index (χ2n) is 5.53. The molecule has 0 radical (unpaired) electrons. The van der Waals surface area contributed by atoms with E-state index >= 15 is 0 Å². The van der Waals surface area contributed by atoms with Gasteiger partial charge in [-0.05, 0) is 26.2 Å². The van der Waals surface area contributed by atoms with Crippen LogP contribution in [-0.4, -0.2) is 47.2 Å². The van der Waals surface area contributed by atoms with Gasteiger partial charge in [0.2, 0.25) is 10.0 Å². The molecule has 0 aromatic carbocycles. The summed E-state index contributed by atoms with van der Waals surface area (Å²) in [6.45, 7) is 6.90. The van der Waals surface area contributed by atoms with Crippen LogP contribution in [-0.2, 0) is 23.1 Å². The number of hydrogen-bond donors (Lipinski definition) is 1. The maximum atomic E-state index is 11.8. The fourth-order valence-electron chi connectivity index (χ4n) is 2.71. The van der Waals surface area contributed by atoms with Gasteiger partial charge in [0.1, 0.15) is 0 Å². The lowest BCUT2D eigenvalue weighted by Gasteiger charge is -2.31. The number of imidazole rings is 1. The molecule has 21 heavy (non-hydrogen) atoms. The lowest BCUT2D eigenvalue weighted by atomic mass is 10.1. The minimum absolute atomic E-state index is 0.196. The number of aryl methyl sites for hydroxylation is 1. The second kappa shape index (κ2) is 7.38. The number of aromatic nitrogens is 2. The molecule has 0 spiro atoms. The summed E-state index contributed by atoms with van der Waals surface area (Å²) in [6.07, 6.45) is 6.62. The van der Waals surface area contributed by atoms with Crippen molar-refractivity contribution in [1.29, 1.82) is 0 Å². The Morgan fingerprint density at radius 2 is 2.05 bits per heavy atom. The monoisotopic (exact) mass is 314 g/mol. The Morgan fingerprint density at radius 3 is 2.67 bits per heavy atom. The van der Waals surface area contributed by atoms with Gasteiger partial charge in [0.25, 0.3) is 0 Å². The van der Waals surface area contributed by atoms with Crippen molar-refractivity contribution in [2.75, 3.05) is 18.8 Å².